The third-order valence-electron chi connectivity index (χ3n) is 1.77. The van der Waals surface area contributed by atoms with Crippen LogP contribution in [0, 0.1) is 0 Å². The van der Waals surface area contributed by atoms with Crippen LogP contribution in [0.15, 0.2) is 24.3 Å². The van der Waals surface area contributed by atoms with E-state index in [1.807, 2.05) is 0 Å². The van der Waals surface area contributed by atoms with Gasteiger partial charge in [-0.15, -0.1) is 0 Å². The van der Waals surface area contributed by atoms with Gasteiger partial charge in [-0.3, -0.25) is 4.84 Å². The highest BCUT2D eigenvalue weighted by atomic mass is 16.7. The Balaban J connectivity index is 2.34. The molecule has 0 aliphatic heterocycles. The average Bonchev–Trinajstić information content (AvgIpc) is 2.18. The van der Waals surface area contributed by atoms with Crippen molar-refractivity contribution in [1.82, 2.24) is 5.48 Å². The van der Waals surface area contributed by atoms with Crippen LogP contribution in [0.25, 0.3) is 0 Å². The second kappa shape index (κ2) is 5.54. The first-order valence-electron chi connectivity index (χ1n) is 5.26. The molecule has 0 spiro atoms. The lowest BCUT2D eigenvalue weighted by atomic mass is 10.2. The normalized spacial score (nSPS) is 11.0. The SMILES string of the molecule is CC(C)(C)OC(=O)NOCc1ccccc1O. The zero-order valence-corrected chi connectivity index (χ0v) is 10.2. The highest BCUT2D eigenvalue weighted by Crippen LogP contribution is 2.15. The fourth-order valence-corrected chi connectivity index (χ4v) is 1.10. The van der Waals surface area contributed by atoms with Crippen LogP contribution in [-0.4, -0.2) is 16.8 Å². The molecule has 17 heavy (non-hydrogen) atoms. The number of phenolic OH excluding ortho intramolecular Hbond substituents is 1. The highest BCUT2D eigenvalue weighted by Gasteiger charge is 2.16. The number of nitrogens with one attached hydrogen (secondary N) is 1. The van der Waals surface area contributed by atoms with Crippen LogP contribution in [0.1, 0.15) is 26.3 Å². The molecule has 1 aromatic carbocycles. The van der Waals surface area contributed by atoms with Gasteiger partial charge in [0.25, 0.3) is 0 Å². The zero-order valence-electron chi connectivity index (χ0n) is 10.2. The lowest BCUT2D eigenvalue weighted by molar-refractivity contribution is -0.0141. The first-order valence-corrected chi connectivity index (χ1v) is 5.26. The van der Waals surface area contributed by atoms with Crippen molar-refractivity contribution < 1.29 is 19.5 Å². The summed E-state index contributed by atoms with van der Waals surface area (Å²) in [7, 11) is 0. The van der Waals surface area contributed by atoms with Crippen molar-refractivity contribution in [2.45, 2.75) is 33.0 Å². The second-order valence-electron chi connectivity index (χ2n) is 4.52. The van der Waals surface area contributed by atoms with E-state index in [1.165, 1.54) is 0 Å². The van der Waals surface area contributed by atoms with Crippen LogP contribution in [0.2, 0.25) is 0 Å². The fraction of sp³-hybridized carbons (Fsp3) is 0.417. The first kappa shape index (κ1) is 13.3. The van der Waals surface area contributed by atoms with E-state index in [0.717, 1.165) is 0 Å². The monoisotopic (exact) mass is 239 g/mol. The number of benzene rings is 1. The maximum absolute atomic E-state index is 11.2. The molecule has 0 aliphatic rings. The smallest absolute Gasteiger partial charge is 0.431 e. The molecule has 0 aliphatic carbocycles. The topological polar surface area (TPSA) is 67.8 Å². The molecule has 0 fully saturated rings. The maximum atomic E-state index is 11.2. The summed E-state index contributed by atoms with van der Waals surface area (Å²) < 4.78 is 4.97. The molecule has 0 unspecified atom stereocenters. The molecule has 5 nitrogen and oxygen atoms in total. The van der Waals surface area contributed by atoms with E-state index in [1.54, 1.807) is 45.0 Å². The Hall–Kier alpha value is -1.75. The lowest BCUT2D eigenvalue weighted by Crippen LogP contribution is -2.32. The Morgan fingerprint density at radius 3 is 2.59 bits per heavy atom. The largest absolute Gasteiger partial charge is 0.508 e. The number of carbonyl (C=O) groups is 1. The minimum absolute atomic E-state index is 0.0753. The Bertz CT molecular complexity index is 384. The van der Waals surface area contributed by atoms with Crippen molar-refractivity contribution in [3.63, 3.8) is 0 Å². The molecule has 94 valence electrons. The van der Waals surface area contributed by atoms with E-state index in [9.17, 15) is 9.90 Å². The summed E-state index contributed by atoms with van der Waals surface area (Å²) in [5, 5.41) is 9.44. The van der Waals surface area contributed by atoms with Gasteiger partial charge in [0.05, 0.1) is 0 Å². The summed E-state index contributed by atoms with van der Waals surface area (Å²) in [6.45, 7) is 5.35. The standard InChI is InChI=1S/C12H17NO4/c1-12(2,3)17-11(15)13-16-8-9-6-4-5-7-10(9)14/h4-7,14H,8H2,1-3H3,(H,13,15). The zero-order chi connectivity index (χ0) is 12.9. The van der Waals surface area contributed by atoms with E-state index in [4.69, 9.17) is 9.57 Å². The highest BCUT2D eigenvalue weighted by molar-refractivity contribution is 5.66. The van der Waals surface area contributed by atoms with Crippen LogP contribution >= 0.6 is 0 Å². The predicted octanol–water partition coefficient (Wildman–Crippen LogP) is 2.35. The van der Waals surface area contributed by atoms with Crippen LogP contribution in [0.3, 0.4) is 0 Å². The molecule has 0 heterocycles. The Morgan fingerprint density at radius 1 is 1.35 bits per heavy atom. The van der Waals surface area contributed by atoms with Crippen LogP contribution in [-0.2, 0) is 16.2 Å². The predicted molar refractivity (Wildman–Crippen MR) is 62.3 cm³/mol. The third kappa shape index (κ3) is 5.21. The molecule has 2 N–H and O–H groups in total. The summed E-state index contributed by atoms with van der Waals surface area (Å²) in [6, 6.07) is 6.73. The van der Waals surface area contributed by atoms with Gasteiger partial charge in [0.2, 0.25) is 0 Å². The molecular weight excluding hydrogens is 222 g/mol. The van der Waals surface area contributed by atoms with Crippen LogP contribution in [0.5, 0.6) is 5.75 Å². The first-order chi connectivity index (χ1) is 7.88. The van der Waals surface area contributed by atoms with Gasteiger partial charge in [0, 0.05) is 5.56 Å². The van der Waals surface area contributed by atoms with Gasteiger partial charge in [0.1, 0.15) is 18.0 Å². The molecule has 0 atom stereocenters. The Kier molecular flexibility index (Phi) is 4.34. The summed E-state index contributed by atoms with van der Waals surface area (Å²) >= 11 is 0. The average molecular weight is 239 g/mol. The maximum Gasteiger partial charge on any atom is 0.431 e. The van der Waals surface area contributed by atoms with Crippen molar-refractivity contribution >= 4 is 6.09 Å². The number of ether oxygens (including phenoxy) is 1. The van der Waals surface area contributed by atoms with Gasteiger partial charge in [-0.2, -0.15) is 5.48 Å². The Morgan fingerprint density at radius 2 is 2.00 bits per heavy atom. The quantitative estimate of drug-likeness (QED) is 0.794. The van der Waals surface area contributed by atoms with Crippen molar-refractivity contribution in [3.8, 4) is 5.75 Å². The van der Waals surface area contributed by atoms with E-state index < -0.39 is 11.7 Å². The molecule has 1 aromatic rings. The van der Waals surface area contributed by atoms with Gasteiger partial charge in [0.15, 0.2) is 0 Å². The van der Waals surface area contributed by atoms with Crippen molar-refractivity contribution in [1.29, 1.82) is 0 Å². The van der Waals surface area contributed by atoms with Gasteiger partial charge in [-0.1, -0.05) is 18.2 Å². The number of hydroxylamine groups is 1. The van der Waals surface area contributed by atoms with E-state index >= 15 is 0 Å². The number of para-hydroxylation sites is 1. The molecular formula is C12H17NO4. The molecule has 0 aromatic heterocycles. The summed E-state index contributed by atoms with van der Waals surface area (Å²) in [6.07, 6.45) is -0.659. The summed E-state index contributed by atoms with van der Waals surface area (Å²) in [5.41, 5.74) is 2.16. The van der Waals surface area contributed by atoms with Gasteiger partial charge >= 0.3 is 6.09 Å². The van der Waals surface area contributed by atoms with Gasteiger partial charge < -0.3 is 9.84 Å². The minimum atomic E-state index is -0.659. The Labute approximate surface area is 100 Å². The van der Waals surface area contributed by atoms with Gasteiger partial charge in [-0.25, -0.2) is 4.79 Å². The van der Waals surface area contributed by atoms with Crippen molar-refractivity contribution in [2.24, 2.45) is 0 Å². The third-order valence-corrected chi connectivity index (χ3v) is 1.77. The molecule has 1 amide bonds. The number of amides is 1. The van der Waals surface area contributed by atoms with E-state index in [2.05, 4.69) is 5.48 Å². The minimum Gasteiger partial charge on any atom is -0.508 e. The van der Waals surface area contributed by atoms with E-state index in [0.29, 0.717) is 5.56 Å². The lowest BCUT2D eigenvalue weighted by Gasteiger charge is -2.19. The second-order valence-corrected chi connectivity index (χ2v) is 4.52. The number of hydrogen-bond acceptors (Lipinski definition) is 4. The molecule has 1 rings (SSSR count). The summed E-state index contributed by atoms with van der Waals surface area (Å²) in [4.78, 5) is 16.1. The van der Waals surface area contributed by atoms with E-state index in [-0.39, 0.29) is 12.4 Å². The molecule has 0 saturated heterocycles. The number of carbonyl (C=O) groups excluding carboxylic acids is 1. The number of aromatic hydroxyl groups is 1. The number of phenols is 1. The molecule has 5 heteroatoms. The van der Waals surface area contributed by atoms with Crippen molar-refractivity contribution in [3.05, 3.63) is 29.8 Å². The van der Waals surface area contributed by atoms with Gasteiger partial charge in [-0.05, 0) is 26.8 Å². The molecule has 0 bridgehead atoms. The number of rotatable bonds is 3. The number of hydrogen-bond donors (Lipinski definition) is 2. The summed E-state index contributed by atoms with van der Waals surface area (Å²) in [5.74, 6) is 0.124. The molecule has 0 saturated carbocycles. The van der Waals surface area contributed by atoms with Crippen LogP contribution in [0.4, 0.5) is 4.79 Å². The van der Waals surface area contributed by atoms with Crippen LogP contribution < -0.4 is 5.48 Å². The molecule has 0 radical (unpaired) electrons. The van der Waals surface area contributed by atoms with Crippen molar-refractivity contribution in [2.75, 3.05) is 0 Å². The fourth-order valence-electron chi connectivity index (χ4n) is 1.10.